The molecule has 14 heavy (non-hydrogen) atoms. The molecule has 1 atom stereocenters. The van der Waals surface area contributed by atoms with Gasteiger partial charge in [-0.15, -0.1) is 0 Å². The maximum atomic E-state index is 11.7. The van der Waals surface area contributed by atoms with Gasteiger partial charge in [-0.3, -0.25) is 4.79 Å². The molecule has 1 aliphatic rings. The van der Waals surface area contributed by atoms with Crippen LogP contribution in [-0.2, 0) is 4.79 Å². The van der Waals surface area contributed by atoms with Gasteiger partial charge in [0.2, 0.25) is 5.91 Å². The number of rotatable bonds is 2. The van der Waals surface area contributed by atoms with Crippen molar-refractivity contribution in [3.63, 3.8) is 0 Å². The molecule has 0 aromatic heterocycles. The van der Waals surface area contributed by atoms with Crippen LogP contribution in [0.1, 0.15) is 34.1 Å². The highest BCUT2D eigenvalue weighted by Crippen LogP contribution is 2.10. The molecule has 80 valence electrons. The van der Waals surface area contributed by atoms with Gasteiger partial charge in [0.1, 0.15) is 0 Å². The molecule has 1 rings (SSSR count). The molecule has 1 heterocycles. The second kappa shape index (κ2) is 4.60. The molecule has 0 fully saturated rings. The van der Waals surface area contributed by atoms with Crippen LogP contribution in [0.3, 0.4) is 0 Å². The number of nitrogens with one attached hydrogen (secondary N) is 2. The Morgan fingerprint density at radius 3 is 2.64 bits per heavy atom. The van der Waals surface area contributed by atoms with Gasteiger partial charge in [-0.1, -0.05) is 13.8 Å². The molecule has 0 aromatic carbocycles. The van der Waals surface area contributed by atoms with Gasteiger partial charge in [-0.2, -0.15) is 0 Å². The molecule has 2 N–H and O–H groups in total. The van der Waals surface area contributed by atoms with Crippen molar-refractivity contribution in [2.45, 2.75) is 40.2 Å². The lowest BCUT2D eigenvalue weighted by Gasteiger charge is -2.16. The van der Waals surface area contributed by atoms with E-state index in [2.05, 4.69) is 24.5 Å². The largest absolute Gasteiger partial charge is 0.329 e. The van der Waals surface area contributed by atoms with E-state index in [1.54, 1.807) is 0 Å². The summed E-state index contributed by atoms with van der Waals surface area (Å²) >= 11 is 0. The molecular weight excluding hydrogens is 176 g/mol. The zero-order valence-electron chi connectivity index (χ0n) is 9.48. The van der Waals surface area contributed by atoms with Crippen molar-refractivity contribution in [1.82, 2.24) is 10.6 Å². The predicted octanol–water partition coefficient (Wildman–Crippen LogP) is 1.41. The van der Waals surface area contributed by atoms with E-state index in [0.717, 1.165) is 18.7 Å². The fourth-order valence-corrected chi connectivity index (χ4v) is 1.54. The molecule has 0 saturated carbocycles. The smallest absolute Gasteiger partial charge is 0.241 e. The number of allylic oxidation sites excluding steroid dienone is 1. The van der Waals surface area contributed by atoms with E-state index < -0.39 is 0 Å². The summed E-state index contributed by atoms with van der Waals surface area (Å²) in [5.74, 6) is 0.644. The van der Waals surface area contributed by atoms with Crippen LogP contribution in [0.4, 0.5) is 0 Å². The third kappa shape index (κ3) is 2.84. The molecule has 3 nitrogen and oxygen atoms in total. The molecule has 0 aromatic rings. The van der Waals surface area contributed by atoms with Crippen LogP contribution in [0, 0.1) is 5.92 Å². The average molecular weight is 196 g/mol. The van der Waals surface area contributed by atoms with Gasteiger partial charge in [0.25, 0.3) is 0 Å². The molecule has 0 bridgehead atoms. The quantitative estimate of drug-likeness (QED) is 0.701. The predicted molar refractivity (Wildman–Crippen MR) is 57.8 cm³/mol. The zero-order valence-corrected chi connectivity index (χ0v) is 9.48. The van der Waals surface area contributed by atoms with E-state index in [1.165, 1.54) is 5.57 Å². The summed E-state index contributed by atoms with van der Waals surface area (Å²) in [6.07, 6.45) is 0.895. The van der Waals surface area contributed by atoms with Crippen molar-refractivity contribution in [1.29, 1.82) is 0 Å². The third-order valence-corrected chi connectivity index (χ3v) is 2.59. The molecule has 1 amide bonds. The second-order valence-electron chi connectivity index (χ2n) is 4.46. The van der Waals surface area contributed by atoms with Gasteiger partial charge in [0.15, 0.2) is 0 Å². The summed E-state index contributed by atoms with van der Waals surface area (Å²) in [6.45, 7) is 9.06. The highest BCUT2D eigenvalue weighted by atomic mass is 16.2. The van der Waals surface area contributed by atoms with Gasteiger partial charge in [-0.25, -0.2) is 0 Å². The Bertz CT molecular complexity index is 256. The minimum atomic E-state index is -0.0394. The monoisotopic (exact) mass is 196 g/mol. The first kappa shape index (κ1) is 11.2. The van der Waals surface area contributed by atoms with E-state index in [9.17, 15) is 4.79 Å². The van der Waals surface area contributed by atoms with Gasteiger partial charge in [-0.05, 0) is 31.8 Å². The minimum absolute atomic E-state index is 0.0394. The topological polar surface area (TPSA) is 41.1 Å². The SMILES string of the molecule is CC1=C(C)NC(=O)[C@H](CC(C)C)NC1. The molecule has 0 aliphatic carbocycles. The number of amides is 1. The van der Waals surface area contributed by atoms with Crippen molar-refractivity contribution in [3.8, 4) is 0 Å². The lowest BCUT2D eigenvalue weighted by Crippen LogP contribution is -2.42. The Balaban J connectivity index is 2.64. The Kier molecular flexibility index (Phi) is 3.69. The second-order valence-corrected chi connectivity index (χ2v) is 4.46. The third-order valence-electron chi connectivity index (χ3n) is 2.59. The van der Waals surface area contributed by atoms with Crippen LogP contribution >= 0.6 is 0 Å². The minimum Gasteiger partial charge on any atom is -0.329 e. The first-order chi connectivity index (χ1) is 6.50. The molecular formula is C11H20N2O. The van der Waals surface area contributed by atoms with Crippen molar-refractivity contribution in [2.24, 2.45) is 5.92 Å². The number of carbonyl (C=O) groups excluding carboxylic acids is 1. The first-order valence-electron chi connectivity index (χ1n) is 5.21. The van der Waals surface area contributed by atoms with Gasteiger partial charge >= 0.3 is 0 Å². The molecule has 0 unspecified atom stereocenters. The standard InChI is InChI=1S/C11H20N2O/c1-7(2)5-10-11(14)13-9(4)8(3)6-12-10/h7,10,12H,5-6H2,1-4H3,(H,13,14)/t10-/m0/s1. The molecule has 0 spiro atoms. The molecule has 0 saturated heterocycles. The lowest BCUT2D eigenvalue weighted by molar-refractivity contribution is -0.122. The maximum Gasteiger partial charge on any atom is 0.241 e. The van der Waals surface area contributed by atoms with E-state index in [-0.39, 0.29) is 11.9 Å². The fraction of sp³-hybridized carbons (Fsp3) is 0.727. The number of hydrogen-bond acceptors (Lipinski definition) is 2. The highest BCUT2D eigenvalue weighted by Gasteiger charge is 2.22. The summed E-state index contributed by atoms with van der Waals surface area (Å²) < 4.78 is 0. The molecule has 3 heteroatoms. The van der Waals surface area contributed by atoms with Crippen LogP contribution in [-0.4, -0.2) is 18.5 Å². The average Bonchev–Trinajstić information content (AvgIpc) is 2.18. The van der Waals surface area contributed by atoms with Crippen LogP contribution in [0.25, 0.3) is 0 Å². The van der Waals surface area contributed by atoms with E-state index in [4.69, 9.17) is 0 Å². The fourth-order valence-electron chi connectivity index (χ4n) is 1.54. The van der Waals surface area contributed by atoms with Crippen LogP contribution in [0.15, 0.2) is 11.3 Å². The number of carbonyl (C=O) groups is 1. The van der Waals surface area contributed by atoms with Crippen molar-refractivity contribution < 1.29 is 4.79 Å². The number of hydrogen-bond donors (Lipinski definition) is 2. The Morgan fingerprint density at radius 2 is 2.07 bits per heavy atom. The molecule has 1 aliphatic heterocycles. The normalized spacial score (nSPS) is 23.8. The van der Waals surface area contributed by atoms with E-state index >= 15 is 0 Å². The van der Waals surface area contributed by atoms with Gasteiger partial charge in [0, 0.05) is 12.2 Å². The Morgan fingerprint density at radius 1 is 1.43 bits per heavy atom. The highest BCUT2D eigenvalue weighted by molar-refractivity contribution is 5.83. The van der Waals surface area contributed by atoms with Crippen LogP contribution < -0.4 is 10.6 Å². The van der Waals surface area contributed by atoms with Crippen molar-refractivity contribution in [2.75, 3.05) is 6.54 Å². The van der Waals surface area contributed by atoms with E-state index in [1.807, 2.05) is 13.8 Å². The summed E-state index contributed by atoms with van der Waals surface area (Å²) in [5.41, 5.74) is 2.21. The van der Waals surface area contributed by atoms with Gasteiger partial charge < -0.3 is 10.6 Å². The Hall–Kier alpha value is -0.830. The van der Waals surface area contributed by atoms with E-state index in [0.29, 0.717) is 5.92 Å². The summed E-state index contributed by atoms with van der Waals surface area (Å²) in [4.78, 5) is 11.7. The van der Waals surface area contributed by atoms with Crippen LogP contribution in [0.2, 0.25) is 0 Å². The maximum absolute atomic E-state index is 11.7. The van der Waals surface area contributed by atoms with Crippen LogP contribution in [0.5, 0.6) is 0 Å². The first-order valence-corrected chi connectivity index (χ1v) is 5.21. The van der Waals surface area contributed by atoms with Crippen molar-refractivity contribution >= 4 is 5.91 Å². The summed E-state index contributed by atoms with van der Waals surface area (Å²) in [5, 5.41) is 6.20. The Labute approximate surface area is 86.0 Å². The summed E-state index contributed by atoms with van der Waals surface area (Å²) in [7, 11) is 0. The zero-order chi connectivity index (χ0) is 10.7. The van der Waals surface area contributed by atoms with Gasteiger partial charge in [0.05, 0.1) is 6.04 Å². The molecule has 0 radical (unpaired) electrons. The van der Waals surface area contributed by atoms with Crippen molar-refractivity contribution in [3.05, 3.63) is 11.3 Å². The lowest BCUT2D eigenvalue weighted by atomic mass is 10.0. The summed E-state index contributed by atoms with van der Waals surface area (Å²) in [6, 6.07) is -0.0394.